The van der Waals surface area contributed by atoms with Crippen LogP contribution in [-0.2, 0) is 10.1 Å². The van der Waals surface area contributed by atoms with Crippen molar-refractivity contribution in [2.75, 3.05) is 20.3 Å². The molecule has 1 unspecified atom stereocenters. The Labute approximate surface area is 242 Å². The normalized spacial score (nSPS) is 12.8. The lowest BCUT2D eigenvalue weighted by Crippen LogP contribution is -2.45. The highest BCUT2D eigenvalue weighted by atomic mass is 35.7. The number of nitrogens with zero attached hydrogens (tertiary/aromatic N) is 1. The van der Waals surface area contributed by atoms with Crippen LogP contribution in [0.5, 0.6) is 5.75 Å². The maximum absolute atomic E-state index is 6.58. The number of rotatable bonds is 17. The fourth-order valence-corrected chi connectivity index (χ4v) is 7.62. The summed E-state index contributed by atoms with van der Waals surface area (Å²) in [5.74, 6) is 0.862. The van der Waals surface area contributed by atoms with E-state index in [-0.39, 0.29) is 0 Å². The van der Waals surface area contributed by atoms with Crippen LogP contribution in [-0.4, -0.2) is 37.0 Å². The van der Waals surface area contributed by atoms with Gasteiger partial charge in [0.05, 0.1) is 19.3 Å². The van der Waals surface area contributed by atoms with Crippen molar-refractivity contribution in [1.82, 2.24) is 9.99 Å². The van der Waals surface area contributed by atoms with E-state index in [0.29, 0.717) is 12.1 Å². The van der Waals surface area contributed by atoms with Crippen molar-refractivity contribution in [2.24, 2.45) is 0 Å². The number of hydrogen-bond acceptors (Lipinski definition) is 4. The van der Waals surface area contributed by atoms with Gasteiger partial charge in [0.15, 0.2) is 0 Å². The molecule has 1 atom stereocenters. The van der Waals surface area contributed by atoms with E-state index in [1.807, 2.05) is 12.1 Å². The van der Waals surface area contributed by atoms with Crippen molar-refractivity contribution in [3.63, 3.8) is 0 Å². The Morgan fingerprint density at radius 2 is 1.21 bits per heavy atom. The molecule has 0 aromatic heterocycles. The number of hydrogen-bond donors (Lipinski definition) is 1. The average Bonchev–Trinajstić information content (AvgIpc) is 2.95. The Morgan fingerprint density at radius 1 is 0.718 bits per heavy atom. The largest absolute Gasteiger partial charge is 0.497 e. The molecule has 4 nitrogen and oxygen atoms in total. The van der Waals surface area contributed by atoms with Gasteiger partial charge in [0, 0.05) is 12.1 Å². The Morgan fingerprint density at radius 3 is 1.72 bits per heavy atom. The van der Waals surface area contributed by atoms with Gasteiger partial charge in [-0.05, 0) is 87.1 Å². The summed E-state index contributed by atoms with van der Waals surface area (Å²) < 4.78 is 13.7. The molecule has 0 saturated carbocycles. The summed E-state index contributed by atoms with van der Waals surface area (Å²) in [6.45, 7) is 10.3. The molecule has 0 bridgehead atoms. The lowest BCUT2D eigenvalue weighted by atomic mass is 9.77. The van der Waals surface area contributed by atoms with Gasteiger partial charge in [-0.25, -0.2) is 4.67 Å². The van der Waals surface area contributed by atoms with E-state index in [2.05, 4.69) is 110 Å². The van der Waals surface area contributed by atoms with Gasteiger partial charge in [-0.1, -0.05) is 92.1 Å². The number of ether oxygens (including phenoxy) is 1. The predicted octanol–water partition coefficient (Wildman–Crippen LogP) is 9.13. The van der Waals surface area contributed by atoms with Gasteiger partial charge in [0.25, 0.3) is 0 Å². The number of halogens is 1. The maximum Gasteiger partial charge on any atom is 0.207 e. The quantitative estimate of drug-likeness (QED) is 0.1000. The third kappa shape index (κ3) is 8.77. The van der Waals surface area contributed by atoms with Crippen LogP contribution in [0.2, 0.25) is 0 Å². The van der Waals surface area contributed by atoms with Crippen molar-refractivity contribution in [1.29, 1.82) is 0 Å². The van der Waals surface area contributed by atoms with Crippen LogP contribution in [0.1, 0.15) is 76.5 Å². The first-order valence-electron chi connectivity index (χ1n) is 14.3. The van der Waals surface area contributed by atoms with Crippen LogP contribution in [0.25, 0.3) is 0 Å². The Hall–Kier alpha value is -1.94. The van der Waals surface area contributed by atoms with Crippen molar-refractivity contribution in [2.45, 2.75) is 77.4 Å². The summed E-state index contributed by atoms with van der Waals surface area (Å²) in [4.78, 5) is 0. The van der Waals surface area contributed by atoms with Gasteiger partial charge < -0.3 is 9.26 Å². The molecule has 39 heavy (non-hydrogen) atoms. The Kier molecular flexibility index (Phi) is 13.2. The van der Waals surface area contributed by atoms with Crippen LogP contribution >= 0.6 is 18.9 Å². The van der Waals surface area contributed by atoms with Crippen molar-refractivity contribution in [3.8, 4) is 5.75 Å². The molecule has 0 fully saturated rings. The minimum absolute atomic E-state index is 0.387. The van der Waals surface area contributed by atoms with E-state index in [9.17, 15) is 0 Å². The van der Waals surface area contributed by atoms with Gasteiger partial charge >= 0.3 is 0 Å². The van der Waals surface area contributed by atoms with E-state index in [4.69, 9.17) is 20.5 Å². The lowest BCUT2D eigenvalue weighted by Gasteiger charge is -2.37. The van der Waals surface area contributed by atoms with Gasteiger partial charge in [-0.2, -0.15) is 0 Å². The third-order valence-corrected chi connectivity index (χ3v) is 9.58. The highest BCUT2D eigenvalue weighted by Crippen LogP contribution is 2.49. The van der Waals surface area contributed by atoms with Gasteiger partial charge in [0.2, 0.25) is 7.65 Å². The molecule has 0 aliphatic carbocycles. The van der Waals surface area contributed by atoms with E-state index in [0.717, 1.165) is 38.2 Å². The molecular formula is C33H46ClN2O2P. The average molecular weight is 569 g/mol. The Bertz CT molecular complexity index is 1020. The first kappa shape index (κ1) is 31.6. The second-order valence-corrected chi connectivity index (χ2v) is 12.6. The van der Waals surface area contributed by atoms with E-state index >= 15 is 0 Å². The molecule has 0 spiro atoms. The lowest BCUT2D eigenvalue weighted by molar-refractivity contribution is 0.258. The third-order valence-electron chi connectivity index (χ3n) is 7.09. The second kappa shape index (κ2) is 16.4. The summed E-state index contributed by atoms with van der Waals surface area (Å²) in [5.41, 5.74) is 3.21. The fraction of sp³-hybridized carbons (Fsp3) is 0.455. The van der Waals surface area contributed by atoms with Crippen LogP contribution in [0, 0.1) is 0 Å². The van der Waals surface area contributed by atoms with Gasteiger partial charge in [-0.3, -0.25) is 5.32 Å². The molecule has 1 N–H and O–H groups in total. The molecule has 0 aliphatic heterocycles. The maximum atomic E-state index is 6.58. The molecule has 3 rings (SSSR count). The van der Waals surface area contributed by atoms with E-state index in [1.54, 1.807) is 7.11 Å². The highest BCUT2D eigenvalue weighted by molar-refractivity contribution is 7.78. The summed E-state index contributed by atoms with van der Waals surface area (Å²) in [6, 6.07) is 30.7. The Balaban J connectivity index is 1.59. The molecule has 0 heterocycles. The molecule has 6 heteroatoms. The molecular weight excluding hydrogens is 523 g/mol. The molecule has 3 aromatic carbocycles. The molecule has 0 amide bonds. The number of benzene rings is 3. The zero-order valence-corrected chi connectivity index (χ0v) is 25.9. The molecule has 0 radical (unpaired) electrons. The summed E-state index contributed by atoms with van der Waals surface area (Å²) in [7, 11) is 0.662. The zero-order valence-electron chi connectivity index (χ0n) is 24.3. The number of nitrogens with one attached hydrogen (secondary N) is 1. The van der Waals surface area contributed by atoms with Gasteiger partial charge in [-0.15, -0.1) is 0 Å². The van der Waals surface area contributed by atoms with Crippen LogP contribution in [0.4, 0.5) is 0 Å². The number of methoxy groups -OCH3 is 1. The topological polar surface area (TPSA) is 33.7 Å². The standard InChI is InChI=1S/C33H46ClN2O2P/c1-27(2)36(28(3)4)39(34)38-26-16-8-6-7-15-25-35-33(29-17-11-9-12-18-29,30-19-13-10-14-20-30)31-21-23-32(37-5)24-22-31/h9-14,17-24,27-28,35H,6-8,15-16,25-26H2,1-5H3. The summed E-state index contributed by atoms with van der Waals surface area (Å²) in [6.07, 6.45) is 5.68. The first-order chi connectivity index (χ1) is 18.9. The highest BCUT2D eigenvalue weighted by Gasteiger charge is 2.35. The molecule has 0 aliphatic rings. The number of unbranched alkanes of at least 4 members (excludes halogenated alkanes) is 4. The molecule has 212 valence electrons. The van der Waals surface area contributed by atoms with Crippen LogP contribution < -0.4 is 10.1 Å². The van der Waals surface area contributed by atoms with Crippen LogP contribution in [0.15, 0.2) is 84.9 Å². The van der Waals surface area contributed by atoms with Crippen LogP contribution in [0.3, 0.4) is 0 Å². The predicted molar refractivity (Wildman–Crippen MR) is 168 cm³/mol. The molecule has 0 saturated heterocycles. The van der Waals surface area contributed by atoms with E-state index in [1.165, 1.54) is 29.5 Å². The first-order valence-corrected chi connectivity index (χ1v) is 16.4. The molecule has 3 aromatic rings. The van der Waals surface area contributed by atoms with Crippen molar-refractivity contribution < 1.29 is 9.26 Å². The van der Waals surface area contributed by atoms with E-state index < -0.39 is 13.2 Å². The van der Waals surface area contributed by atoms with Gasteiger partial charge in [0.1, 0.15) is 5.75 Å². The van der Waals surface area contributed by atoms with Crippen molar-refractivity contribution in [3.05, 3.63) is 102 Å². The SMILES string of the molecule is COc1ccc(C(NCCCCCCCOP(Cl)N(C(C)C)C(C)C)(c2ccccc2)c2ccccc2)cc1. The summed E-state index contributed by atoms with van der Waals surface area (Å²) in [5, 5.41) is 3.98. The minimum atomic E-state index is -1.05. The second-order valence-electron chi connectivity index (χ2n) is 10.5. The monoisotopic (exact) mass is 568 g/mol. The van der Waals surface area contributed by atoms with Crippen molar-refractivity contribution >= 4 is 18.9 Å². The summed E-state index contributed by atoms with van der Waals surface area (Å²) >= 11 is 6.58. The fourth-order valence-electron chi connectivity index (χ4n) is 5.22. The smallest absolute Gasteiger partial charge is 0.207 e. The zero-order chi connectivity index (χ0) is 28.1. The minimum Gasteiger partial charge on any atom is -0.497 e.